The molecule has 0 saturated carbocycles. The van der Waals surface area contributed by atoms with Crippen molar-refractivity contribution in [1.82, 2.24) is 9.80 Å². The van der Waals surface area contributed by atoms with Crippen LogP contribution in [0.1, 0.15) is 25.0 Å². The maximum absolute atomic E-state index is 12.0. The summed E-state index contributed by atoms with van der Waals surface area (Å²) in [6.07, 6.45) is -0.0121. The first-order chi connectivity index (χ1) is 10.7. The Morgan fingerprint density at radius 1 is 1.23 bits per heavy atom. The highest BCUT2D eigenvalue weighted by Crippen LogP contribution is 2.15. The Morgan fingerprint density at radius 2 is 1.91 bits per heavy atom. The minimum absolute atomic E-state index is 0.164. The number of carbonyl (C=O) groups is 1. The normalized spacial score (nSPS) is 17.5. The van der Waals surface area contributed by atoms with Crippen molar-refractivity contribution in [3.63, 3.8) is 0 Å². The van der Waals surface area contributed by atoms with Gasteiger partial charge < -0.3 is 14.7 Å². The molecule has 1 aromatic carbocycles. The fourth-order valence-electron chi connectivity index (χ4n) is 2.67. The molecular formula is C17H26N2O3. The van der Waals surface area contributed by atoms with Gasteiger partial charge in [0, 0.05) is 39.3 Å². The monoisotopic (exact) mass is 306 g/mol. The number of carbonyl (C=O) groups excluding carboxylic acids is 1. The summed E-state index contributed by atoms with van der Waals surface area (Å²) >= 11 is 0. The van der Waals surface area contributed by atoms with Crippen molar-refractivity contribution in [2.45, 2.75) is 19.4 Å². The standard InChI is InChI=1S/C17H26N2O3/c1-2-22-13-8-17(21)19-11-9-18(10-12-19)14-16(20)15-6-4-3-5-7-15/h3-7,16,20H,2,8-14H2,1H3/t16-/m1/s1. The van der Waals surface area contributed by atoms with E-state index < -0.39 is 6.10 Å². The number of amides is 1. The van der Waals surface area contributed by atoms with E-state index in [0.29, 0.717) is 26.2 Å². The van der Waals surface area contributed by atoms with Gasteiger partial charge in [0.2, 0.25) is 5.91 Å². The largest absolute Gasteiger partial charge is 0.387 e. The lowest BCUT2D eigenvalue weighted by Gasteiger charge is -2.35. The molecule has 1 heterocycles. The first-order valence-corrected chi connectivity index (χ1v) is 8.01. The van der Waals surface area contributed by atoms with Gasteiger partial charge >= 0.3 is 0 Å². The molecule has 1 atom stereocenters. The lowest BCUT2D eigenvalue weighted by molar-refractivity contribution is -0.134. The van der Waals surface area contributed by atoms with E-state index in [1.54, 1.807) is 0 Å². The molecule has 1 aromatic rings. The third-order valence-electron chi connectivity index (χ3n) is 4.00. The van der Waals surface area contributed by atoms with E-state index in [9.17, 15) is 9.90 Å². The number of nitrogens with zero attached hydrogens (tertiary/aromatic N) is 2. The van der Waals surface area contributed by atoms with Gasteiger partial charge in [-0.25, -0.2) is 0 Å². The summed E-state index contributed by atoms with van der Waals surface area (Å²) in [5, 5.41) is 10.3. The van der Waals surface area contributed by atoms with Gasteiger partial charge in [-0.15, -0.1) is 0 Å². The third-order valence-corrected chi connectivity index (χ3v) is 4.00. The summed E-state index contributed by atoms with van der Waals surface area (Å²) in [4.78, 5) is 16.1. The van der Waals surface area contributed by atoms with E-state index in [1.807, 2.05) is 42.2 Å². The van der Waals surface area contributed by atoms with E-state index in [1.165, 1.54) is 0 Å². The molecule has 0 bridgehead atoms. The fourth-order valence-corrected chi connectivity index (χ4v) is 2.67. The third kappa shape index (κ3) is 5.09. The average molecular weight is 306 g/mol. The fraction of sp³-hybridized carbons (Fsp3) is 0.588. The van der Waals surface area contributed by atoms with Gasteiger partial charge in [0.1, 0.15) is 0 Å². The Hall–Kier alpha value is -1.43. The van der Waals surface area contributed by atoms with Crippen molar-refractivity contribution in [2.24, 2.45) is 0 Å². The number of piperazine rings is 1. The van der Waals surface area contributed by atoms with E-state index >= 15 is 0 Å². The number of benzene rings is 1. The molecule has 2 rings (SSSR count). The quantitative estimate of drug-likeness (QED) is 0.771. The zero-order valence-electron chi connectivity index (χ0n) is 13.3. The summed E-state index contributed by atoms with van der Waals surface area (Å²) in [5.74, 6) is 0.164. The van der Waals surface area contributed by atoms with Crippen molar-refractivity contribution < 1.29 is 14.6 Å². The Morgan fingerprint density at radius 3 is 2.55 bits per heavy atom. The number of aliphatic hydroxyl groups excluding tert-OH is 1. The molecule has 1 saturated heterocycles. The second kappa shape index (κ2) is 8.88. The molecule has 1 aliphatic rings. The molecule has 5 nitrogen and oxygen atoms in total. The topological polar surface area (TPSA) is 53.0 Å². The van der Waals surface area contributed by atoms with Crippen molar-refractivity contribution in [3.05, 3.63) is 35.9 Å². The molecule has 0 aliphatic carbocycles. The molecule has 0 spiro atoms. The molecule has 1 amide bonds. The molecule has 1 N–H and O–H groups in total. The summed E-state index contributed by atoms with van der Waals surface area (Å²) < 4.78 is 5.23. The molecule has 122 valence electrons. The molecule has 1 aliphatic heterocycles. The van der Waals surface area contributed by atoms with Crippen LogP contribution in [0, 0.1) is 0 Å². The lowest BCUT2D eigenvalue weighted by atomic mass is 10.1. The minimum Gasteiger partial charge on any atom is -0.387 e. The smallest absolute Gasteiger partial charge is 0.224 e. The van der Waals surface area contributed by atoms with Crippen LogP contribution in [0.25, 0.3) is 0 Å². The molecule has 0 aromatic heterocycles. The molecule has 0 unspecified atom stereocenters. The highest BCUT2D eigenvalue weighted by molar-refractivity contribution is 5.76. The van der Waals surface area contributed by atoms with Crippen LogP contribution in [0.2, 0.25) is 0 Å². The van der Waals surface area contributed by atoms with E-state index in [4.69, 9.17) is 4.74 Å². The highest BCUT2D eigenvalue weighted by atomic mass is 16.5. The van der Waals surface area contributed by atoms with Crippen molar-refractivity contribution in [1.29, 1.82) is 0 Å². The van der Waals surface area contributed by atoms with Gasteiger partial charge in [0.25, 0.3) is 0 Å². The van der Waals surface area contributed by atoms with Crippen LogP contribution in [0.5, 0.6) is 0 Å². The average Bonchev–Trinajstić information content (AvgIpc) is 2.56. The van der Waals surface area contributed by atoms with Gasteiger partial charge in [-0.2, -0.15) is 0 Å². The zero-order valence-corrected chi connectivity index (χ0v) is 13.3. The van der Waals surface area contributed by atoms with Crippen LogP contribution in [-0.2, 0) is 9.53 Å². The number of β-amino-alcohol motifs (C(OH)–C–C–N with tert-alkyl or cyclic N) is 1. The Balaban J connectivity index is 1.72. The van der Waals surface area contributed by atoms with E-state index in [0.717, 1.165) is 31.7 Å². The molecule has 0 radical (unpaired) electrons. The zero-order chi connectivity index (χ0) is 15.8. The SMILES string of the molecule is CCOCCC(=O)N1CCN(C[C@@H](O)c2ccccc2)CC1. The van der Waals surface area contributed by atoms with Crippen LogP contribution in [0.4, 0.5) is 0 Å². The van der Waals surface area contributed by atoms with Crippen molar-refractivity contribution in [3.8, 4) is 0 Å². The molecule has 22 heavy (non-hydrogen) atoms. The predicted octanol–water partition coefficient (Wildman–Crippen LogP) is 1.29. The summed E-state index contributed by atoms with van der Waals surface area (Å²) in [6.45, 7) is 6.78. The number of rotatable bonds is 7. The number of aliphatic hydroxyl groups is 1. The van der Waals surface area contributed by atoms with E-state index in [-0.39, 0.29) is 5.91 Å². The predicted molar refractivity (Wildman–Crippen MR) is 85.5 cm³/mol. The lowest BCUT2D eigenvalue weighted by Crippen LogP contribution is -2.49. The first kappa shape index (κ1) is 16.9. The second-order valence-corrected chi connectivity index (χ2v) is 5.55. The van der Waals surface area contributed by atoms with Gasteiger partial charge in [-0.1, -0.05) is 30.3 Å². The summed E-state index contributed by atoms with van der Waals surface area (Å²) in [7, 11) is 0. The van der Waals surface area contributed by atoms with Gasteiger partial charge in [0.15, 0.2) is 0 Å². The van der Waals surface area contributed by atoms with Crippen molar-refractivity contribution in [2.75, 3.05) is 45.9 Å². The van der Waals surface area contributed by atoms with Crippen LogP contribution in [-0.4, -0.2) is 66.8 Å². The Bertz CT molecular complexity index is 444. The molecular weight excluding hydrogens is 280 g/mol. The van der Waals surface area contributed by atoms with Crippen LogP contribution in [0.3, 0.4) is 0 Å². The maximum atomic E-state index is 12.0. The van der Waals surface area contributed by atoms with Crippen LogP contribution in [0.15, 0.2) is 30.3 Å². The summed E-state index contributed by atoms with van der Waals surface area (Å²) in [5.41, 5.74) is 0.942. The van der Waals surface area contributed by atoms with Crippen LogP contribution < -0.4 is 0 Å². The van der Waals surface area contributed by atoms with Crippen molar-refractivity contribution >= 4 is 5.91 Å². The number of hydrogen-bond acceptors (Lipinski definition) is 4. The molecule has 1 fully saturated rings. The first-order valence-electron chi connectivity index (χ1n) is 8.01. The van der Waals surface area contributed by atoms with Gasteiger partial charge in [-0.3, -0.25) is 9.69 Å². The molecule has 5 heteroatoms. The van der Waals surface area contributed by atoms with E-state index in [2.05, 4.69) is 4.90 Å². The van der Waals surface area contributed by atoms with Gasteiger partial charge in [0.05, 0.1) is 19.1 Å². The second-order valence-electron chi connectivity index (χ2n) is 5.55. The Kier molecular flexibility index (Phi) is 6.83. The minimum atomic E-state index is -0.471. The Labute approximate surface area is 132 Å². The van der Waals surface area contributed by atoms with Crippen LogP contribution >= 0.6 is 0 Å². The number of hydrogen-bond donors (Lipinski definition) is 1. The highest BCUT2D eigenvalue weighted by Gasteiger charge is 2.22. The summed E-state index contributed by atoms with van der Waals surface area (Å²) in [6, 6.07) is 9.71. The number of ether oxygens (including phenoxy) is 1. The maximum Gasteiger partial charge on any atom is 0.224 e. The van der Waals surface area contributed by atoms with Gasteiger partial charge in [-0.05, 0) is 12.5 Å².